The van der Waals surface area contributed by atoms with Gasteiger partial charge in [-0.25, -0.2) is 0 Å². The molecule has 0 amide bonds. The number of aliphatic imine (C=N–C) groups is 1. The Morgan fingerprint density at radius 1 is 1.09 bits per heavy atom. The highest BCUT2D eigenvalue weighted by Gasteiger charge is 1.99. The molecule has 23 heavy (non-hydrogen) atoms. The minimum Gasteiger partial charge on any atom is -0.377 e. The van der Waals surface area contributed by atoms with Gasteiger partial charge in [-0.05, 0) is 30.2 Å². The van der Waals surface area contributed by atoms with Crippen molar-refractivity contribution in [3.63, 3.8) is 0 Å². The molecule has 0 unspecified atom stereocenters. The molecule has 5 nitrogen and oxygen atoms in total. The van der Waals surface area contributed by atoms with E-state index in [0.717, 1.165) is 32.2 Å². The van der Waals surface area contributed by atoms with Gasteiger partial charge >= 0.3 is 0 Å². The summed E-state index contributed by atoms with van der Waals surface area (Å²) in [6.45, 7) is 5.92. The van der Waals surface area contributed by atoms with E-state index in [2.05, 4.69) is 56.9 Å². The molecule has 2 aromatic rings. The third-order valence-corrected chi connectivity index (χ3v) is 3.51. The Morgan fingerprint density at radius 2 is 1.78 bits per heavy atom. The van der Waals surface area contributed by atoms with E-state index >= 15 is 0 Å². The summed E-state index contributed by atoms with van der Waals surface area (Å²) in [7, 11) is 1.79. The monoisotopic (exact) mass is 314 g/mol. The average Bonchev–Trinajstić information content (AvgIpc) is 3.10. The molecule has 124 valence electrons. The van der Waals surface area contributed by atoms with Gasteiger partial charge in [-0.15, -0.1) is 0 Å². The average molecular weight is 314 g/mol. The van der Waals surface area contributed by atoms with Crippen LogP contribution in [0.25, 0.3) is 0 Å². The Hall–Kier alpha value is -2.27. The predicted molar refractivity (Wildman–Crippen MR) is 94.4 cm³/mol. The molecule has 0 radical (unpaired) electrons. The van der Waals surface area contributed by atoms with Crippen LogP contribution in [-0.2, 0) is 24.4 Å². The van der Waals surface area contributed by atoms with Crippen LogP contribution in [-0.4, -0.2) is 30.7 Å². The second kappa shape index (κ2) is 9.69. The second-order valence-corrected chi connectivity index (χ2v) is 5.23. The molecule has 0 saturated carbocycles. The molecule has 0 aliphatic heterocycles. The van der Waals surface area contributed by atoms with Crippen molar-refractivity contribution < 1.29 is 4.74 Å². The summed E-state index contributed by atoms with van der Waals surface area (Å²) in [5.41, 5.74) is 2.42. The zero-order chi connectivity index (χ0) is 16.3. The number of hydrogen-bond donors (Lipinski definition) is 2. The maximum absolute atomic E-state index is 5.40. The van der Waals surface area contributed by atoms with Gasteiger partial charge in [-0.3, -0.25) is 4.99 Å². The molecule has 1 aromatic carbocycles. The lowest BCUT2D eigenvalue weighted by Crippen LogP contribution is -2.38. The molecule has 0 aliphatic rings. The van der Waals surface area contributed by atoms with Gasteiger partial charge in [-0.2, -0.15) is 0 Å². The first-order valence-electron chi connectivity index (χ1n) is 8.02. The molecule has 0 fully saturated rings. The lowest BCUT2D eigenvalue weighted by atomic mass is 10.1. The number of guanidine groups is 1. The molecule has 0 aliphatic carbocycles. The molecule has 2 rings (SSSR count). The third kappa shape index (κ3) is 6.16. The van der Waals surface area contributed by atoms with Crippen molar-refractivity contribution in [1.29, 1.82) is 0 Å². The van der Waals surface area contributed by atoms with Gasteiger partial charge in [0, 0.05) is 45.7 Å². The van der Waals surface area contributed by atoms with Crippen molar-refractivity contribution >= 4 is 5.96 Å². The van der Waals surface area contributed by atoms with Gasteiger partial charge < -0.3 is 19.9 Å². The standard InChI is InChI=1S/C18H26N4O/c1-3-23-15-17-8-6-16(7-9-17)14-21-18(19-2)20-10-13-22-11-4-5-12-22/h4-9,11-12H,3,10,13-15H2,1-2H3,(H2,19,20,21). The van der Waals surface area contributed by atoms with E-state index in [0.29, 0.717) is 6.61 Å². The molecular weight excluding hydrogens is 288 g/mol. The van der Waals surface area contributed by atoms with E-state index in [9.17, 15) is 0 Å². The van der Waals surface area contributed by atoms with Crippen LogP contribution in [0.2, 0.25) is 0 Å². The van der Waals surface area contributed by atoms with Gasteiger partial charge in [0.05, 0.1) is 6.61 Å². The topological polar surface area (TPSA) is 50.6 Å². The number of aromatic nitrogens is 1. The van der Waals surface area contributed by atoms with Crippen LogP contribution in [0.1, 0.15) is 18.1 Å². The fourth-order valence-electron chi connectivity index (χ4n) is 2.20. The fourth-order valence-corrected chi connectivity index (χ4v) is 2.20. The van der Waals surface area contributed by atoms with Gasteiger partial charge in [0.2, 0.25) is 0 Å². The fraction of sp³-hybridized carbons (Fsp3) is 0.389. The molecule has 0 spiro atoms. The minimum atomic E-state index is 0.673. The van der Waals surface area contributed by atoms with Crippen LogP contribution in [0.4, 0.5) is 0 Å². The molecular formula is C18H26N4O. The van der Waals surface area contributed by atoms with Gasteiger partial charge in [0.25, 0.3) is 0 Å². The normalized spacial score (nSPS) is 11.5. The maximum Gasteiger partial charge on any atom is 0.191 e. The first-order chi connectivity index (χ1) is 11.3. The second-order valence-electron chi connectivity index (χ2n) is 5.23. The van der Waals surface area contributed by atoms with E-state index in [-0.39, 0.29) is 0 Å². The van der Waals surface area contributed by atoms with E-state index < -0.39 is 0 Å². The lowest BCUT2D eigenvalue weighted by Gasteiger charge is -2.12. The smallest absolute Gasteiger partial charge is 0.191 e. The molecule has 1 heterocycles. The number of hydrogen-bond acceptors (Lipinski definition) is 2. The van der Waals surface area contributed by atoms with E-state index in [1.807, 2.05) is 19.1 Å². The quantitative estimate of drug-likeness (QED) is 0.581. The van der Waals surface area contributed by atoms with Crippen molar-refractivity contribution in [2.75, 3.05) is 20.2 Å². The highest BCUT2D eigenvalue weighted by molar-refractivity contribution is 5.79. The molecule has 0 bridgehead atoms. The van der Waals surface area contributed by atoms with Crippen LogP contribution >= 0.6 is 0 Å². The Balaban J connectivity index is 1.72. The molecule has 1 aromatic heterocycles. The lowest BCUT2D eigenvalue weighted by molar-refractivity contribution is 0.134. The Kier molecular flexibility index (Phi) is 7.20. The summed E-state index contributed by atoms with van der Waals surface area (Å²) in [5.74, 6) is 0.815. The zero-order valence-electron chi connectivity index (χ0n) is 14.0. The van der Waals surface area contributed by atoms with Crippen molar-refractivity contribution in [2.24, 2.45) is 4.99 Å². The predicted octanol–water partition coefficient (Wildman–Crippen LogP) is 2.39. The van der Waals surface area contributed by atoms with Crippen LogP contribution in [0.3, 0.4) is 0 Å². The van der Waals surface area contributed by atoms with Gasteiger partial charge in [0.1, 0.15) is 0 Å². The van der Waals surface area contributed by atoms with Crippen LogP contribution < -0.4 is 10.6 Å². The van der Waals surface area contributed by atoms with Crippen molar-refractivity contribution in [2.45, 2.75) is 26.6 Å². The summed E-state index contributed by atoms with van der Waals surface area (Å²) in [5, 5.41) is 6.64. The van der Waals surface area contributed by atoms with E-state index in [1.165, 1.54) is 11.1 Å². The number of nitrogens with one attached hydrogen (secondary N) is 2. The summed E-state index contributed by atoms with van der Waals surface area (Å²) >= 11 is 0. The van der Waals surface area contributed by atoms with Crippen LogP contribution in [0.15, 0.2) is 53.8 Å². The first kappa shape index (κ1) is 17.1. The Morgan fingerprint density at radius 3 is 2.43 bits per heavy atom. The third-order valence-electron chi connectivity index (χ3n) is 3.51. The Bertz CT molecular complexity index is 576. The first-order valence-corrected chi connectivity index (χ1v) is 8.02. The van der Waals surface area contributed by atoms with Crippen molar-refractivity contribution in [3.8, 4) is 0 Å². The largest absolute Gasteiger partial charge is 0.377 e. The van der Waals surface area contributed by atoms with Crippen LogP contribution in [0, 0.1) is 0 Å². The highest BCUT2D eigenvalue weighted by Crippen LogP contribution is 2.05. The van der Waals surface area contributed by atoms with Crippen LogP contribution in [0.5, 0.6) is 0 Å². The maximum atomic E-state index is 5.40. The number of ether oxygens (including phenoxy) is 1. The Labute approximate surface area is 138 Å². The minimum absolute atomic E-state index is 0.673. The molecule has 2 N–H and O–H groups in total. The number of benzene rings is 1. The van der Waals surface area contributed by atoms with Crippen molar-refractivity contribution in [3.05, 3.63) is 59.9 Å². The highest BCUT2D eigenvalue weighted by atomic mass is 16.5. The zero-order valence-corrected chi connectivity index (χ0v) is 14.0. The van der Waals surface area contributed by atoms with E-state index in [4.69, 9.17) is 4.74 Å². The number of rotatable bonds is 8. The summed E-state index contributed by atoms with van der Waals surface area (Å²) in [6, 6.07) is 12.5. The SMILES string of the molecule is CCOCc1ccc(CNC(=NC)NCCn2cccc2)cc1. The summed E-state index contributed by atoms with van der Waals surface area (Å²) in [4.78, 5) is 4.25. The molecule has 0 saturated heterocycles. The number of nitrogens with zero attached hydrogens (tertiary/aromatic N) is 2. The summed E-state index contributed by atoms with van der Waals surface area (Å²) in [6.07, 6.45) is 4.11. The molecule has 5 heteroatoms. The summed E-state index contributed by atoms with van der Waals surface area (Å²) < 4.78 is 7.54. The van der Waals surface area contributed by atoms with Gasteiger partial charge in [0.15, 0.2) is 5.96 Å². The van der Waals surface area contributed by atoms with Gasteiger partial charge in [-0.1, -0.05) is 24.3 Å². The van der Waals surface area contributed by atoms with Crippen molar-refractivity contribution in [1.82, 2.24) is 15.2 Å². The molecule has 0 atom stereocenters. The van der Waals surface area contributed by atoms with E-state index in [1.54, 1.807) is 7.05 Å².